The first kappa shape index (κ1) is 18.9. The highest BCUT2D eigenvalue weighted by Gasteiger charge is 2.30. The van der Waals surface area contributed by atoms with Crippen molar-refractivity contribution in [2.45, 2.75) is 19.1 Å². The summed E-state index contributed by atoms with van der Waals surface area (Å²) >= 11 is 0. The number of carbonyl (C=O) groups excluding carboxylic acids is 1. The molecule has 1 amide bonds. The molecule has 0 bridgehead atoms. The lowest BCUT2D eigenvalue weighted by Gasteiger charge is -2.28. The Morgan fingerprint density at radius 3 is 2.28 bits per heavy atom. The van der Waals surface area contributed by atoms with Crippen molar-refractivity contribution < 1.29 is 18.0 Å². The number of fused-ring (bicyclic) bond motifs is 1. The number of anilines is 2. The number of halogens is 3. The van der Waals surface area contributed by atoms with E-state index in [1.807, 2.05) is 17.0 Å². The zero-order valence-corrected chi connectivity index (χ0v) is 15.3. The topological polar surface area (TPSA) is 58.1 Å². The summed E-state index contributed by atoms with van der Waals surface area (Å²) < 4.78 is 37.8. The number of carbonyl (C=O) groups is 1. The van der Waals surface area contributed by atoms with Crippen molar-refractivity contribution in [3.05, 3.63) is 83.2 Å². The van der Waals surface area contributed by atoms with E-state index in [1.54, 1.807) is 0 Å². The highest BCUT2D eigenvalue weighted by molar-refractivity contribution is 6.03. The molecular weight excluding hydrogens is 381 g/mol. The normalized spacial score (nSPS) is 13.7. The molecule has 0 radical (unpaired) electrons. The molecule has 3 aromatic rings. The summed E-state index contributed by atoms with van der Waals surface area (Å²) in [5.74, 6) is 0.0471. The predicted octanol–water partition coefficient (Wildman–Crippen LogP) is 4.31. The minimum atomic E-state index is -4.42. The van der Waals surface area contributed by atoms with Gasteiger partial charge in [0.05, 0.1) is 11.1 Å². The Morgan fingerprint density at radius 1 is 0.966 bits per heavy atom. The van der Waals surface area contributed by atoms with Gasteiger partial charge in [-0.3, -0.25) is 4.79 Å². The number of benzene rings is 2. The van der Waals surface area contributed by atoms with Crippen molar-refractivity contribution >= 4 is 17.5 Å². The fourth-order valence-corrected chi connectivity index (χ4v) is 3.21. The number of aromatic nitrogens is 2. The number of alkyl halides is 3. The van der Waals surface area contributed by atoms with Gasteiger partial charge in [0.2, 0.25) is 5.95 Å². The Hall–Kier alpha value is -3.42. The van der Waals surface area contributed by atoms with Crippen molar-refractivity contribution in [3.63, 3.8) is 0 Å². The summed E-state index contributed by atoms with van der Waals surface area (Å²) in [6.45, 7) is 1.49. The van der Waals surface area contributed by atoms with Crippen molar-refractivity contribution in [2.75, 3.05) is 16.8 Å². The van der Waals surface area contributed by atoms with Crippen LogP contribution in [0.2, 0.25) is 0 Å². The molecule has 2 aromatic carbocycles. The molecule has 148 valence electrons. The van der Waals surface area contributed by atoms with Crippen LogP contribution in [0.1, 0.15) is 27.0 Å². The number of nitrogens with one attached hydrogen (secondary N) is 1. The Labute approximate surface area is 165 Å². The van der Waals surface area contributed by atoms with E-state index in [-0.39, 0.29) is 11.3 Å². The zero-order chi connectivity index (χ0) is 20.4. The van der Waals surface area contributed by atoms with E-state index in [4.69, 9.17) is 0 Å². The van der Waals surface area contributed by atoms with Crippen LogP contribution in [0.5, 0.6) is 0 Å². The maximum atomic E-state index is 12.6. The van der Waals surface area contributed by atoms with Crippen LogP contribution in [-0.2, 0) is 19.1 Å². The van der Waals surface area contributed by atoms with Crippen molar-refractivity contribution in [3.8, 4) is 0 Å². The second-order valence-corrected chi connectivity index (χ2v) is 6.74. The first-order chi connectivity index (χ1) is 13.9. The van der Waals surface area contributed by atoms with E-state index in [0.717, 1.165) is 25.1 Å². The van der Waals surface area contributed by atoms with Gasteiger partial charge in [0.15, 0.2) is 0 Å². The highest BCUT2D eigenvalue weighted by atomic mass is 19.4. The van der Waals surface area contributed by atoms with Crippen LogP contribution >= 0.6 is 0 Å². The summed E-state index contributed by atoms with van der Waals surface area (Å²) in [6.07, 6.45) is -0.679. The van der Waals surface area contributed by atoms with E-state index < -0.39 is 17.6 Å². The summed E-state index contributed by atoms with van der Waals surface area (Å²) in [4.78, 5) is 22.9. The first-order valence-electron chi connectivity index (χ1n) is 9.02. The molecule has 8 heteroatoms. The number of amides is 1. The maximum Gasteiger partial charge on any atom is 0.416 e. The standard InChI is InChI=1S/C21H17F3N4O/c22-21(23,24)17-5-7-18(8-6-17)27-19(29)16-11-25-20(26-12-16)28-10-9-14-3-1-2-4-15(14)13-28/h1-8,11-12H,9-10,13H2,(H,27,29). The molecule has 1 N–H and O–H groups in total. The minimum Gasteiger partial charge on any atom is -0.336 e. The van der Waals surface area contributed by atoms with Crippen LogP contribution in [0.25, 0.3) is 0 Å². The molecule has 0 aliphatic carbocycles. The van der Waals surface area contributed by atoms with Gasteiger partial charge < -0.3 is 10.2 Å². The maximum absolute atomic E-state index is 12.6. The highest BCUT2D eigenvalue weighted by Crippen LogP contribution is 2.30. The Kier molecular flexibility index (Phi) is 4.92. The van der Waals surface area contributed by atoms with Gasteiger partial charge in [0, 0.05) is 31.2 Å². The third kappa shape index (κ3) is 4.21. The smallest absolute Gasteiger partial charge is 0.336 e. The summed E-state index contributed by atoms with van der Waals surface area (Å²) in [5, 5.41) is 2.55. The van der Waals surface area contributed by atoms with Crippen LogP contribution in [0, 0.1) is 0 Å². The molecule has 1 aliphatic rings. The molecule has 5 nitrogen and oxygen atoms in total. The Balaban J connectivity index is 1.42. The van der Waals surface area contributed by atoms with Gasteiger partial charge in [-0.2, -0.15) is 13.2 Å². The van der Waals surface area contributed by atoms with Crippen molar-refractivity contribution in [1.82, 2.24) is 9.97 Å². The van der Waals surface area contributed by atoms with E-state index >= 15 is 0 Å². The van der Waals surface area contributed by atoms with Gasteiger partial charge >= 0.3 is 6.18 Å². The lowest BCUT2D eigenvalue weighted by Crippen LogP contribution is -2.31. The lowest BCUT2D eigenvalue weighted by atomic mass is 10.0. The van der Waals surface area contributed by atoms with Crippen molar-refractivity contribution in [2.24, 2.45) is 0 Å². The molecule has 0 fully saturated rings. The van der Waals surface area contributed by atoms with Crippen LogP contribution in [0.4, 0.5) is 24.8 Å². The van der Waals surface area contributed by atoms with E-state index in [9.17, 15) is 18.0 Å². The molecule has 1 aliphatic heterocycles. The molecule has 0 saturated heterocycles. The average Bonchev–Trinajstić information content (AvgIpc) is 2.73. The van der Waals surface area contributed by atoms with E-state index in [2.05, 4.69) is 27.4 Å². The minimum absolute atomic E-state index is 0.228. The van der Waals surface area contributed by atoms with Gasteiger partial charge in [-0.15, -0.1) is 0 Å². The van der Waals surface area contributed by atoms with E-state index in [0.29, 0.717) is 12.5 Å². The molecule has 1 aromatic heterocycles. The Bertz CT molecular complexity index is 1020. The van der Waals surface area contributed by atoms with Gasteiger partial charge in [0.1, 0.15) is 0 Å². The van der Waals surface area contributed by atoms with Crippen LogP contribution < -0.4 is 10.2 Å². The van der Waals surface area contributed by atoms with Gasteiger partial charge in [-0.25, -0.2) is 9.97 Å². The van der Waals surface area contributed by atoms with Gasteiger partial charge in [-0.05, 0) is 41.8 Å². The fraction of sp³-hybridized carbons (Fsp3) is 0.190. The van der Waals surface area contributed by atoms with E-state index in [1.165, 1.54) is 35.7 Å². The molecule has 29 heavy (non-hydrogen) atoms. The third-order valence-electron chi connectivity index (χ3n) is 4.78. The number of hydrogen-bond donors (Lipinski definition) is 1. The van der Waals surface area contributed by atoms with Gasteiger partial charge in [0.25, 0.3) is 5.91 Å². The molecule has 0 atom stereocenters. The second-order valence-electron chi connectivity index (χ2n) is 6.74. The molecular formula is C21H17F3N4O. The summed E-state index contributed by atoms with van der Waals surface area (Å²) in [6, 6.07) is 12.5. The lowest BCUT2D eigenvalue weighted by molar-refractivity contribution is -0.137. The predicted molar refractivity (Wildman–Crippen MR) is 103 cm³/mol. The fourth-order valence-electron chi connectivity index (χ4n) is 3.21. The SMILES string of the molecule is O=C(Nc1ccc(C(F)(F)F)cc1)c1cnc(N2CCc3ccccc3C2)nc1. The number of hydrogen-bond acceptors (Lipinski definition) is 4. The zero-order valence-electron chi connectivity index (χ0n) is 15.3. The van der Waals surface area contributed by atoms with Crippen LogP contribution in [0.15, 0.2) is 60.9 Å². The van der Waals surface area contributed by atoms with Crippen LogP contribution in [-0.4, -0.2) is 22.4 Å². The summed E-state index contributed by atoms with van der Waals surface area (Å²) in [5.41, 5.74) is 2.26. The molecule has 0 unspecified atom stereocenters. The first-order valence-corrected chi connectivity index (χ1v) is 9.02. The average molecular weight is 398 g/mol. The molecule has 2 heterocycles. The summed E-state index contributed by atoms with van der Waals surface area (Å²) in [7, 11) is 0. The van der Waals surface area contributed by atoms with Crippen molar-refractivity contribution in [1.29, 1.82) is 0 Å². The quantitative estimate of drug-likeness (QED) is 0.714. The Morgan fingerprint density at radius 2 is 1.62 bits per heavy atom. The largest absolute Gasteiger partial charge is 0.416 e. The number of nitrogens with zero attached hydrogens (tertiary/aromatic N) is 3. The monoisotopic (exact) mass is 398 g/mol. The number of rotatable bonds is 3. The molecule has 4 rings (SSSR count). The van der Waals surface area contributed by atoms with Gasteiger partial charge in [-0.1, -0.05) is 24.3 Å². The second kappa shape index (κ2) is 7.54. The molecule has 0 spiro atoms. The third-order valence-corrected chi connectivity index (χ3v) is 4.78. The van der Waals surface area contributed by atoms with Crippen LogP contribution in [0.3, 0.4) is 0 Å². The molecule has 0 saturated carbocycles.